The van der Waals surface area contributed by atoms with Crippen LogP contribution in [0, 0.1) is 5.41 Å². The van der Waals surface area contributed by atoms with E-state index in [1.807, 2.05) is 35.2 Å². The predicted molar refractivity (Wildman–Crippen MR) is 154 cm³/mol. The van der Waals surface area contributed by atoms with Gasteiger partial charge in [0.05, 0.1) is 36.4 Å². The lowest BCUT2D eigenvalue weighted by atomic mass is 9.66. The summed E-state index contributed by atoms with van der Waals surface area (Å²) in [5.41, 5.74) is 0.199. The normalized spacial score (nSPS) is 23.9. The molecule has 1 aromatic carbocycles. The molecule has 3 aliphatic rings. The van der Waals surface area contributed by atoms with E-state index in [0.717, 1.165) is 36.8 Å². The molecule has 3 amide bonds. The summed E-state index contributed by atoms with van der Waals surface area (Å²) >= 11 is 0. The molecule has 3 aromatic rings. The number of carbonyl (C=O) groups is 2. The quantitative estimate of drug-likeness (QED) is 0.488. The van der Waals surface area contributed by atoms with E-state index in [1.165, 1.54) is 21.9 Å². The summed E-state index contributed by atoms with van der Waals surface area (Å²) in [4.78, 5) is 48.4. The molecule has 12 heteroatoms. The Balaban J connectivity index is 1.23. The number of amides is 3. The zero-order valence-electron chi connectivity index (χ0n) is 23.8. The van der Waals surface area contributed by atoms with Gasteiger partial charge in [-0.15, -0.1) is 0 Å². The molecular formula is C30H37N7O5. The lowest BCUT2D eigenvalue weighted by Gasteiger charge is -2.53. The van der Waals surface area contributed by atoms with Gasteiger partial charge in [0.15, 0.2) is 0 Å². The van der Waals surface area contributed by atoms with E-state index in [-0.39, 0.29) is 31.2 Å². The number of aliphatic hydroxyl groups is 1. The molecule has 6 rings (SSSR count). The molecule has 12 nitrogen and oxygen atoms in total. The number of nitrogens with zero attached hydrogens (tertiary/aromatic N) is 7. The molecule has 2 aliphatic heterocycles. The second-order valence-electron chi connectivity index (χ2n) is 12.0. The Morgan fingerprint density at radius 2 is 1.81 bits per heavy atom. The van der Waals surface area contributed by atoms with Gasteiger partial charge in [-0.25, -0.2) is 14.6 Å². The lowest BCUT2D eigenvalue weighted by Crippen LogP contribution is -2.64. The van der Waals surface area contributed by atoms with E-state index in [4.69, 9.17) is 0 Å². The average molecular weight is 576 g/mol. The molecule has 0 bridgehead atoms. The van der Waals surface area contributed by atoms with Crippen LogP contribution in [0.3, 0.4) is 0 Å². The number of carboxylic acid groups (broad SMARTS) is 1. The molecule has 1 aliphatic carbocycles. The van der Waals surface area contributed by atoms with Crippen molar-refractivity contribution in [3.8, 4) is 11.3 Å². The van der Waals surface area contributed by atoms with E-state index in [9.17, 15) is 24.6 Å². The largest absolute Gasteiger partial charge is 0.465 e. The molecule has 2 saturated heterocycles. The number of piperazine rings is 1. The van der Waals surface area contributed by atoms with Gasteiger partial charge in [0, 0.05) is 63.0 Å². The zero-order chi connectivity index (χ0) is 29.5. The van der Waals surface area contributed by atoms with Crippen LogP contribution < -0.4 is 5.56 Å². The van der Waals surface area contributed by atoms with Crippen LogP contribution in [0.25, 0.3) is 11.3 Å². The van der Waals surface area contributed by atoms with Gasteiger partial charge in [0.1, 0.15) is 0 Å². The number of aromatic nitrogens is 4. The topological polar surface area (TPSA) is 137 Å². The van der Waals surface area contributed by atoms with Gasteiger partial charge in [-0.2, -0.15) is 5.10 Å². The van der Waals surface area contributed by atoms with Gasteiger partial charge in [0.2, 0.25) is 0 Å². The number of likely N-dealkylation sites (tertiary alicyclic amines) is 1. The smallest absolute Gasteiger partial charge is 0.407 e. The fraction of sp³-hybridized carbons (Fsp3) is 0.500. The highest BCUT2D eigenvalue weighted by molar-refractivity contribution is 5.76. The van der Waals surface area contributed by atoms with Crippen molar-refractivity contribution in [2.24, 2.45) is 12.5 Å². The Hall–Kier alpha value is -4.19. The second kappa shape index (κ2) is 10.9. The van der Waals surface area contributed by atoms with Crippen molar-refractivity contribution < 1.29 is 19.8 Å². The summed E-state index contributed by atoms with van der Waals surface area (Å²) in [6.07, 6.45) is 7.71. The molecule has 1 saturated carbocycles. The van der Waals surface area contributed by atoms with Gasteiger partial charge in [-0.1, -0.05) is 43.2 Å². The third-order valence-corrected chi connectivity index (χ3v) is 9.50. The highest BCUT2D eigenvalue weighted by atomic mass is 16.4. The number of carbonyl (C=O) groups excluding carboxylic acids is 1. The first kappa shape index (κ1) is 28.0. The molecule has 3 fully saturated rings. The van der Waals surface area contributed by atoms with Crippen molar-refractivity contribution in [2.45, 2.75) is 50.3 Å². The van der Waals surface area contributed by atoms with Crippen molar-refractivity contribution in [3.63, 3.8) is 0 Å². The highest BCUT2D eigenvalue weighted by Gasteiger charge is 2.56. The number of aryl methyl sites for hydroxylation is 1. The second-order valence-corrected chi connectivity index (χ2v) is 12.0. The van der Waals surface area contributed by atoms with E-state index >= 15 is 0 Å². The third-order valence-electron chi connectivity index (χ3n) is 9.50. The molecule has 42 heavy (non-hydrogen) atoms. The van der Waals surface area contributed by atoms with Crippen LogP contribution in [0.15, 0.2) is 59.9 Å². The maximum absolute atomic E-state index is 14.1. The Morgan fingerprint density at radius 1 is 1.05 bits per heavy atom. The van der Waals surface area contributed by atoms with Gasteiger partial charge < -0.3 is 24.9 Å². The molecule has 2 aromatic heterocycles. The number of hydrogen-bond donors (Lipinski definition) is 2. The first-order valence-corrected chi connectivity index (χ1v) is 14.5. The van der Waals surface area contributed by atoms with Gasteiger partial charge in [-0.05, 0) is 24.8 Å². The Labute approximate surface area is 243 Å². The number of hydrogen-bond acceptors (Lipinski definition) is 6. The SMILES string of the molecule is Cn1cc(-c2cc(=O)n(C[C@]3(O)CCN(C(=O)N4CCN(C(=O)O)C[C@H]4c4ccccc4)CC34CCCC4)cn2)cn1. The van der Waals surface area contributed by atoms with Gasteiger partial charge in [-0.3, -0.25) is 14.0 Å². The van der Waals surface area contributed by atoms with Crippen molar-refractivity contribution in [1.29, 1.82) is 0 Å². The molecule has 2 atom stereocenters. The minimum Gasteiger partial charge on any atom is -0.465 e. The predicted octanol–water partition coefficient (Wildman–Crippen LogP) is 2.80. The maximum atomic E-state index is 14.1. The van der Waals surface area contributed by atoms with E-state index < -0.39 is 23.2 Å². The fourth-order valence-corrected chi connectivity index (χ4v) is 7.13. The monoisotopic (exact) mass is 575 g/mol. The third kappa shape index (κ3) is 5.04. The summed E-state index contributed by atoms with van der Waals surface area (Å²) in [7, 11) is 1.80. The average Bonchev–Trinajstić information content (AvgIpc) is 3.65. The minimum atomic E-state index is -1.18. The van der Waals surface area contributed by atoms with Crippen LogP contribution in [-0.2, 0) is 13.6 Å². The zero-order valence-corrected chi connectivity index (χ0v) is 23.8. The van der Waals surface area contributed by atoms with Crippen LogP contribution in [0.4, 0.5) is 9.59 Å². The molecular weight excluding hydrogens is 538 g/mol. The number of rotatable bonds is 4. The van der Waals surface area contributed by atoms with E-state index in [2.05, 4.69) is 10.1 Å². The van der Waals surface area contributed by atoms with Crippen molar-refractivity contribution in [2.75, 3.05) is 32.7 Å². The number of benzene rings is 1. The molecule has 0 radical (unpaired) electrons. The molecule has 4 heterocycles. The first-order valence-electron chi connectivity index (χ1n) is 14.5. The van der Waals surface area contributed by atoms with Crippen molar-refractivity contribution >= 4 is 12.1 Å². The standard InChI is InChI=1S/C30H37N7O5/c1-33-17-23(16-32-33)24-15-26(38)36(21-31-24)20-30(42)11-12-35(19-29(30)9-5-6-10-29)27(39)37-14-13-34(28(40)41)18-25(37)22-7-3-2-4-8-22/h2-4,7-8,15-17,21,25,42H,5-6,9-14,18-20H2,1H3,(H,40,41)/t25-,30+/m0/s1. The van der Waals surface area contributed by atoms with Gasteiger partial charge in [0.25, 0.3) is 5.56 Å². The van der Waals surface area contributed by atoms with Gasteiger partial charge >= 0.3 is 12.1 Å². The van der Waals surface area contributed by atoms with Crippen molar-refractivity contribution in [1.82, 2.24) is 34.0 Å². The molecule has 0 unspecified atom stereocenters. The van der Waals surface area contributed by atoms with Crippen LogP contribution in [0.5, 0.6) is 0 Å². The van der Waals surface area contributed by atoms with E-state index in [1.54, 1.807) is 29.0 Å². The molecule has 1 spiro atoms. The Kier molecular flexibility index (Phi) is 7.25. The van der Waals surface area contributed by atoms with Crippen LogP contribution in [0.1, 0.15) is 43.7 Å². The minimum absolute atomic E-state index is 0.109. The first-order chi connectivity index (χ1) is 20.2. The number of urea groups is 1. The summed E-state index contributed by atoms with van der Waals surface area (Å²) < 4.78 is 3.13. The van der Waals surface area contributed by atoms with Crippen molar-refractivity contribution in [3.05, 3.63) is 71.0 Å². The summed E-state index contributed by atoms with van der Waals surface area (Å²) in [6, 6.07) is 10.5. The highest BCUT2D eigenvalue weighted by Crippen LogP contribution is 2.52. The number of piperidine rings is 1. The van der Waals surface area contributed by atoms with Crippen LogP contribution in [-0.4, -0.2) is 94.7 Å². The molecule has 2 N–H and O–H groups in total. The summed E-state index contributed by atoms with van der Waals surface area (Å²) in [6.45, 7) is 1.59. The fourth-order valence-electron chi connectivity index (χ4n) is 7.13. The van der Waals surface area contributed by atoms with Crippen LogP contribution >= 0.6 is 0 Å². The van der Waals surface area contributed by atoms with Crippen LogP contribution in [0.2, 0.25) is 0 Å². The Morgan fingerprint density at radius 3 is 2.48 bits per heavy atom. The molecule has 222 valence electrons. The summed E-state index contributed by atoms with van der Waals surface area (Å²) in [5.74, 6) is 0. The maximum Gasteiger partial charge on any atom is 0.407 e. The Bertz CT molecular complexity index is 1520. The van der Waals surface area contributed by atoms with E-state index in [0.29, 0.717) is 31.7 Å². The summed E-state index contributed by atoms with van der Waals surface area (Å²) in [5, 5.41) is 26.0. The lowest BCUT2D eigenvalue weighted by molar-refractivity contribution is -0.137.